The van der Waals surface area contributed by atoms with Crippen LogP contribution in [0.4, 0.5) is 0 Å². The Morgan fingerprint density at radius 3 is 2.48 bits per heavy atom. The van der Waals surface area contributed by atoms with Gasteiger partial charge in [-0.2, -0.15) is 0 Å². The van der Waals surface area contributed by atoms with Gasteiger partial charge in [-0.1, -0.05) is 54.6 Å². The molecule has 1 aliphatic carbocycles. The number of hydrogen-bond acceptors (Lipinski definition) is 1. The van der Waals surface area contributed by atoms with E-state index in [4.69, 9.17) is 4.74 Å². The Balaban J connectivity index is 2.00. The maximum Gasteiger partial charge on any atom is 0.114 e. The van der Waals surface area contributed by atoms with Crippen LogP contribution in [0.2, 0.25) is 0 Å². The predicted molar refractivity (Wildman–Crippen MR) is 85.5 cm³/mol. The second-order valence-electron chi connectivity index (χ2n) is 6.10. The quantitative estimate of drug-likeness (QED) is 0.312. The normalized spacial score (nSPS) is 22.1. The molecule has 0 N–H and O–H groups in total. The van der Waals surface area contributed by atoms with Crippen molar-refractivity contribution in [2.45, 2.75) is 12.2 Å². The van der Waals surface area contributed by atoms with Crippen molar-refractivity contribution in [2.75, 3.05) is 0 Å². The predicted octanol–water partition coefficient (Wildman–Crippen LogP) is 5.27. The van der Waals surface area contributed by atoms with Crippen molar-refractivity contribution in [2.24, 2.45) is 0 Å². The fourth-order valence-electron chi connectivity index (χ4n) is 4.09. The first-order chi connectivity index (χ1) is 10.4. The molecular weight excluding hydrogens is 256 g/mol. The highest BCUT2D eigenvalue weighted by molar-refractivity contribution is 6.20. The summed E-state index contributed by atoms with van der Waals surface area (Å²) in [5.74, 6) is 0. The van der Waals surface area contributed by atoms with E-state index in [1.54, 1.807) is 0 Å². The molecule has 6 rings (SSSR count). The Kier molecular flexibility index (Phi) is 1.61. The summed E-state index contributed by atoms with van der Waals surface area (Å²) in [5.41, 5.74) is 2.74. The van der Waals surface area contributed by atoms with Crippen LogP contribution in [0.15, 0.2) is 60.7 Å². The zero-order valence-electron chi connectivity index (χ0n) is 11.3. The summed E-state index contributed by atoms with van der Waals surface area (Å²) in [7, 11) is 0. The molecule has 1 fully saturated rings. The van der Waals surface area contributed by atoms with Gasteiger partial charge in [0.05, 0.1) is 0 Å². The summed E-state index contributed by atoms with van der Waals surface area (Å²) < 4.78 is 5.99. The van der Waals surface area contributed by atoms with Crippen LogP contribution in [-0.2, 0) is 4.74 Å². The van der Waals surface area contributed by atoms with E-state index in [0.717, 1.165) is 0 Å². The van der Waals surface area contributed by atoms with Gasteiger partial charge in [0.2, 0.25) is 0 Å². The minimum Gasteiger partial charge on any atom is -0.359 e. The molecule has 2 aliphatic rings. The Bertz CT molecular complexity index is 1080. The lowest BCUT2D eigenvalue weighted by molar-refractivity contribution is 0.380. The van der Waals surface area contributed by atoms with Crippen molar-refractivity contribution < 1.29 is 4.74 Å². The molecule has 1 heteroatoms. The summed E-state index contributed by atoms with van der Waals surface area (Å²) in [6.07, 6.45) is 0.533. The third kappa shape index (κ3) is 1.13. The van der Waals surface area contributed by atoms with Crippen LogP contribution < -0.4 is 0 Å². The van der Waals surface area contributed by atoms with Crippen LogP contribution in [0.1, 0.15) is 23.3 Å². The number of ether oxygens (including phenoxy) is 1. The molecule has 1 nitrogen and oxygen atoms in total. The summed E-state index contributed by atoms with van der Waals surface area (Å²) in [6, 6.07) is 22.1. The second kappa shape index (κ2) is 3.26. The number of rotatable bonds is 0. The van der Waals surface area contributed by atoms with E-state index in [-0.39, 0.29) is 12.2 Å². The molecule has 0 aromatic heterocycles. The van der Waals surface area contributed by atoms with Crippen LogP contribution in [0, 0.1) is 0 Å². The van der Waals surface area contributed by atoms with Gasteiger partial charge in [0.1, 0.15) is 12.2 Å². The first-order valence-corrected chi connectivity index (χ1v) is 7.44. The van der Waals surface area contributed by atoms with Gasteiger partial charge in [0.15, 0.2) is 0 Å². The number of epoxide rings is 1. The van der Waals surface area contributed by atoms with Gasteiger partial charge in [-0.3, -0.25) is 0 Å². The molecule has 21 heavy (non-hydrogen) atoms. The summed E-state index contributed by atoms with van der Waals surface area (Å²) in [4.78, 5) is 0. The third-order valence-corrected chi connectivity index (χ3v) is 5.03. The third-order valence-electron chi connectivity index (χ3n) is 5.03. The van der Waals surface area contributed by atoms with Crippen molar-refractivity contribution in [3.05, 3.63) is 71.8 Å². The smallest absolute Gasteiger partial charge is 0.114 e. The highest BCUT2D eigenvalue weighted by atomic mass is 16.6. The zero-order chi connectivity index (χ0) is 13.6. The lowest BCUT2D eigenvalue weighted by Crippen LogP contribution is -1.97. The molecule has 0 bridgehead atoms. The van der Waals surface area contributed by atoms with Crippen LogP contribution in [0.5, 0.6) is 0 Å². The van der Waals surface area contributed by atoms with Crippen LogP contribution in [0.3, 0.4) is 0 Å². The Labute approximate surface area is 121 Å². The topological polar surface area (TPSA) is 12.5 Å². The molecule has 4 aromatic carbocycles. The largest absolute Gasteiger partial charge is 0.359 e. The summed E-state index contributed by atoms with van der Waals surface area (Å²) in [5, 5.41) is 8.14. The van der Waals surface area contributed by atoms with E-state index in [1.165, 1.54) is 43.4 Å². The second-order valence-corrected chi connectivity index (χ2v) is 6.10. The van der Waals surface area contributed by atoms with Crippen LogP contribution >= 0.6 is 0 Å². The van der Waals surface area contributed by atoms with Gasteiger partial charge >= 0.3 is 0 Å². The summed E-state index contributed by atoms with van der Waals surface area (Å²) >= 11 is 0. The average Bonchev–Trinajstić information content (AvgIpc) is 3.34. The average molecular weight is 268 g/mol. The van der Waals surface area contributed by atoms with Gasteiger partial charge in [-0.15, -0.1) is 0 Å². The fraction of sp³-hybridized carbons (Fsp3) is 0.100. The fourth-order valence-corrected chi connectivity index (χ4v) is 4.09. The van der Waals surface area contributed by atoms with Gasteiger partial charge in [-0.25, -0.2) is 0 Å². The molecule has 0 unspecified atom stereocenters. The molecule has 0 radical (unpaired) electrons. The molecule has 0 amide bonds. The summed E-state index contributed by atoms with van der Waals surface area (Å²) in [6.45, 7) is 0. The Morgan fingerprint density at radius 2 is 1.48 bits per heavy atom. The highest BCUT2D eigenvalue weighted by Gasteiger charge is 2.46. The van der Waals surface area contributed by atoms with E-state index in [0.29, 0.717) is 0 Å². The van der Waals surface area contributed by atoms with E-state index in [2.05, 4.69) is 60.7 Å². The monoisotopic (exact) mass is 268 g/mol. The maximum absolute atomic E-state index is 5.99. The lowest BCUT2D eigenvalue weighted by atomic mass is 9.84. The van der Waals surface area contributed by atoms with Crippen molar-refractivity contribution in [3.8, 4) is 0 Å². The molecule has 4 aromatic rings. The van der Waals surface area contributed by atoms with Gasteiger partial charge in [-0.05, 0) is 49.5 Å². The first-order valence-electron chi connectivity index (χ1n) is 7.44. The number of fused-ring (bicyclic) bond motifs is 5. The molecule has 1 heterocycles. The lowest BCUT2D eigenvalue weighted by Gasteiger charge is -2.17. The molecule has 1 saturated heterocycles. The standard InChI is InChI=1S/C20H12O/c1-2-6-13-12(4-1)10-16-18-14(13)9-8-11-5-3-7-15(17(11)18)19-20(16)21-19/h1-10,19-20H/t19-,20+/m1/s1. The highest BCUT2D eigenvalue weighted by Crippen LogP contribution is 2.59. The maximum atomic E-state index is 5.99. The molecule has 1 aliphatic heterocycles. The Hall–Kier alpha value is -2.38. The SMILES string of the molecule is c1ccc2c(c1)cc1c3c2ccc2cccc(c23)[C@H]2O[C@@H]12. The van der Waals surface area contributed by atoms with Crippen LogP contribution in [0.25, 0.3) is 32.3 Å². The minimum absolute atomic E-state index is 0.262. The minimum atomic E-state index is 0.262. The van der Waals surface area contributed by atoms with E-state index >= 15 is 0 Å². The van der Waals surface area contributed by atoms with Gasteiger partial charge < -0.3 is 4.74 Å². The Morgan fingerprint density at radius 1 is 0.619 bits per heavy atom. The number of hydrogen-bond donors (Lipinski definition) is 0. The molecule has 2 atom stereocenters. The van der Waals surface area contributed by atoms with E-state index < -0.39 is 0 Å². The van der Waals surface area contributed by atoms with Crippen molar-refractivity contribution in [1.29, 1.82) is 0 Å². The van der Waals surface area contributed by atoms with E-state index in [1.807, 2.05) is 0 Å². The molecule has 0 spiro atoms. The van der Waals surface area contributed by atoms with Crippen LogP contribution in [-0.4, -0.2) is 0 Å². The van der Waals surface area contributed by atoms with Crippen molar-refractivity contribution in [3.63, 3.8) is 0 Å². The zero-order valence-corrected chi connectivity index (χ0v) is 11.3. The van der Waals surface area contributed by atoms with Gasteiger partial charge in [0.25, 0.3) is 0 Å². The van der Waals surface area contributed by atoms with E-state index in [9.17, 15) is 0 Å². The molecule has 98 valence electrons. The van der Waals surface area contributed by atoms with Crippen molar-refractivity contribution in [1.82, 2.24) is 0 Å². The molecule has 0 saturated carbocycles. The van der Waals surface area contributed by atoms with Gasteiger partial charge in [0, 0.05) is 0 Å². The molecular formula is C20H12O. The number of benzene rings is 4. The first kappa shape index (κ1) is 10.4. The van der Waals surface area contributed by atoms with Crippen molar-refractivity contribution >= 4 is 32.3 Å².